The Bertz CT molecular complexity index is 1070. The minimum Gasteiger partial charge on any atom is -0.301 e. The molecule has 0 saturated heterocycles. The van der Waals surface area contributed by atoms with Crippen LogP contribution in [0.1, 0.15) is 26.3 Å². The molecule has 0 N–H and O–H groups in total. The van der Waals surface area contributed by atoms with Gasteiger partial charge in [-0.25, -0.2) is 8.78 Å². The third-order valence-corrected chi connectivity index (χ3v) is 4.69. The Morgan fingerprint density at radius 3 is 2.48 bits per heavy atom. The van der Waals surface area contributed by atoms with Crippen molar-refractivity contribution in [2.24, 2.45) is 12.5 Å². The molecule has 0 atom stereocenters. The Balaban J connectivity index is 2.79. The summed E-state index contributed by atoms with van der Waals surface area (Å²) in [4.78, 5) is 24.8. The van der Waals surface area contributed by atoms with Crippen LogP contribution in [0.3, 0.4) is 0 Å². The monoisotopic (exact) mass is 362 g/mol. The van der Waals surface area contributed by atoms with Crippen LogP contribution in [0.4, 0.5) is 8.78 Å². The van der Waals surface area contributed by atoms with Crippen molar-refractivity contribution in [3.63, 3.8) is 0 Å². The van der Waals surface area contributed by atoms with Crippen LogP contribution >= 0.6 is 11.3 Å². The molecule has 1 heterocycles. The van der Waals surface area contributed by atoms with Crippen molar-refractivity contribution in [3.8, 4) is 6.07 Å². The standard InChI is InChI=1S/C18H16F2N2O2S/c1-18(2,3)15(23)12(9-21)17-22(4)16(24)14(25-17)7-10-5-6-11(19)8-13(10)20/h5-8H,1-4H3/b14-7+,17-12-. The van der Waals surface area contributed by atoms with E-state index in [1.807, 2.05) is 6.07 Å². The summed E-state index contributed by atoms with van der Waals surface area (Å²) >= 11 is 0.925. The lowest BCUT2D eigenvalue weighted by Crippen LogP contribution is -2.32. The zero-order valence-electron chi connectivity index (χ0n) is 14.2. The van der Waals surface area contributed by atoms with Crippen molar-refractivity contribution in [2.75, 3.05) is 0 Å². The lowest BCUT2D eigenvalue weighted by Gasteiger charge is -2.15. The smallest absolute Gasteiger partial charge is 0.268 e. The Morgan fingerprint density at radius 2 is 1.96 bits per heavy atom. The minimum absolute atomic E-state index is 0.0487. The van der Waals surface area contributed by atoms with Gasteiger partial charge in [0.2, 0.25) is 0 Å². The molecule has 0 aliphatic carbocycles. The lowest BCUT2D eigenvalue weighted by molar-refractivity contribution is -0.120. The summed E-state index contributed by atoms with van der Waals surface area (Å²) in [6.45, 7) is 5.04. The van der Waals surface area contributed by atoms with Crippen molar-refractivity contribution in [1.29, 1.82) is 5.26 Å². The highest BCUT2D eigenvalue weighted by atomic mass is 32.1. The summed E-state index contributed by atoms with van der Waals surface area (Å²) in [5.74, 6) is -1.90. The van der Waals surface area contributed by atoms with Crippen molar-refractivity contribution in [2.45, 2.75) is 20.8 Å². The van der Waals surface area contributed by atoms with Gasteiger partial charge in [-0.15, -0.1) is 11.3 Å². The maximum Gasteiger partial charge on any atom is 0.268 e. The molecule has 0 spiro atoms. The molecule has 0 aliphatic heterocycles. The highest BCUT2D eigenvalue weighted by molar-refractivity contribution is 7.07. The number of carbonyl (C=O) groups excluding carboxylic acids is 1. The minimum atomic E-state index is -0.799. The number of carbonyl (C=O) groups is 1. The van der Waals surface area contributed by atoms with Gasteiger partial charge in [0.05, 0.1) is 4.53 Å². The number of nitrogens with zero attached hydrogens (tertiary/aromatic N) is 2. The van der Waals surface area contributed by atoms with E-state index >= 15 is 0 Å². The van der Waals surface area contributed by atoms with Crippen LogP contribution in [-0.4, -0.2) is 10.4 Å². The predicted molar refractivity (Wildman–Crippen MR) is 92.2 cm³/mol. The predicted octanol–water partition coefficient (Wildman–Crippen LogP) is 1.84. The molecule has 25 heavy (non-hydrogen) atoms. The number of aromatic nitrogens is 1. The number of rotatable bonds is 2. The maximum absolute atomic E-state index is 13.8. The molecule has 0 amide bonds. The SMILES string of the molecule is Cn1c(=O)/c(=C\c2ccc(F)cc2F)s/c1=C(/C#N)C(=O)C(C)(C)C. The molecule has 0 radical (unpaired) electrons. The van der Waals surface area contributed by atoms with E-state index in [4.69, 9.17) is 0 Å². The highest BCUT2D eigenvalue weighted by Gasteiger charge is 2.27. The van der Waals surface area contributed by atoms with E-state index in [0.29, 0.717) is 0 Å². The maximum atomic E-state index is 13.8. The van der Waals surface area contributed by atoms with E-state index in [0.717, 1.165) is 23.5 Å². The molecule has 1 aromatic heterocycles. The van der Waals surface area contributed by atoms with Gasteiger partial charge in [0.1, 0.15) is 27.9 Å². The van der Waals surface area contributed by atoms with Crippen molar-refractivity contribution in [1.82, 2.24) is 4.57 Å². The number of thiazole rings is 1. The molecule has 4 nitrogen and oxygen atoms in total. The third-order valence-electron chi connectivity index (χ3n) is 3.51. The third kappa shape index (κ3) is 3.74. The molecule has 1 aromatic carbocycles. The summed E-state index contributed by atoms with van der Waals surface area (Å²) in [6.07, 6.45) is 1.28. The molecule has 0 fully saturated rings. The zero-order chi connectivity index (χ0) is 18.9. The molecule has 7 heteroatoms. The van der Waals surface area contributed by atoms with Gasteiger partial charge in [-0.3, -0.25) is 9.59 Å². The first-order valence-corrected chi connectivity index (χ1v) is 8.19. The van der Waals surface area contributed by atoms with Crippen LogP contribution in [-0.2, 0) is 11.8 Å². The quantitative estimate of drug-likeness (QED) is 0.819. The molecular weight excluding hydrogens is 346 g/mol. The average molecular weight is 362 g/mol. The Morgan fingerprint density at radius 1 is 1.32 bits per heavy atom. The number of hydrogen-bond acceptors (Lipinski definition) is 4. The van der Waals surface area contributed by atoms with Crippen LogP contribution in [0, 0.1) is 28.4 Å². The molecule has 0 bridgehead atoms. The van der Waals surface area contributed by atoms with E-state index < -0.39 is 22.6 Å². The topological polar surface area (TPSA) is 62.9 Å². The molecule has 0 unspecified atom stereocenters. The molecule has 2 rings (SSSR count). The fraction of sp³-hybridized carbons (Fsp3) is 0.278. The van der Waals surface area contributed by atoms with Gasteiger partial charge in [-0.2, -0.15) is 5.26 Å². The number of ketones is 1. The van der Waals surface area contributed by atoms with Gasteiger partial charge in [0, 0.05) is 24.1 Å². The summed E-state index contributed by atoms with van der Waals surface area (Å²) in [6, 6.07) is 4.90. The first-order valence-electron chi connectivity index (χ1n) is 7.38. The molecule has 0 saturated carbocycles. The number of halogens is 2. The second kappa shape index (κ2) is 6.73. The second-order valence-electron chi connectivity index (χ2n) is 6.51. The second-order valence-corrected chi connectivity index (χ2v) is 7.54. The average Bonchev–Trinajstić information content (AvgIpc) is 2.78. The largest absolute Gasteiger partial charge is 0.301 e. The van der Waals surface area contributed by atoms with Crippen LogP contribution in [0.2, 0.25) is 0 Å². The van der Waals surface area contributed by atoms with Crippen LogP contribution < -0.4 is 14.8 Å². The zero-order valence-corrected chi connectivity index (χ0v) is 15.0. The molecule has 0 aliphatic rings. The Labute approximate surface area is 147 Å². The number of Topliss-reactive ketones (excluding diaryl/α,β-unsaturated/α-hetero) is 1. The summed E-state index contributed by atoms with van der Waals surface area (Å²) in [5.41, 5.74) is -1.31. The molecule has 130 valence electrons. The van der Waals surface area contributed by atoms with E-state index in [1.54, 1.807) is 20.8 Å². The number of hydrogen-bond donors (Lipinski definition) is 0. The van der Waals surface area contributed by atoms with Crippen molar-refractivity contribution >= 4 is 28.8 Å². The van der Waals surface area contributed by atoms with Gasteiger partial charge in [-0.05, 0) is 18.2 Å². The van der Waals surface area contributed by atoms with Crippen molar-refractivity contribution in [3.05, 3.63) is 54.9 Å². The molecular formula is C18H16F2N2O2S. The van der Waals surface area contributed by atoms with Crippen LogP contribution in [0.15, 0.2) is 23.0 Å². The van der Waals surface area contributed by atoms with Gasteiger partial charge in [0.25, 0.3) is 5.56 Å². The summed E-state index contributed by atoms with van der Waals surface area (Å²) < 4.78 is 28.3. The van der Waals surface area contributed by atoms with Gasteiger partial charge < -0.3 is 4.57 Å². The number of benzene rings is 1. The molecule has 2 aromatic rings. The van der Waals surface area contributed by atoms with E-state index in [1.165, 1.54) is 23.8 Å². The Hall–Kier alpha value is -2.59. The fourth-order valence-electron chi connectivity index (χ4n) is 2.11. The highest BCUT2D eigenvalue weighted by Crippen LogP contribution is 2.19. The van der Waals surface area contributed by atoms with Crippen molar-refractivity contribution < 1.29 is 13.6 Å². The summed E-state index contributed by atoms with van der Waals surface area (Å²) in [7, 11) is 1.44. The van der Waals surface area contributed by atoms with Gasteiger partial charge in [0.15, 0.2) is 5.78 Å². The van der Waals surface area contributed by atoms with E-state index in [2.05, 4.69) is 0 Å². The fourth-order valence-corrected chi connectivity index (χ4v) is 3.19. The first kappa shape index (κ1) is 18.7. The first-order chi connectivity index (χ1) is 11.6. The summed E-state index contributed by atoms with van der Waals surface area (Å²) in [5, 5.41) is 9.37. The lowest BCUT2D eigenvalue weighted by atomic mass is 9.87. The van der Waals surface area contributed by atoms with Gasteiger partial charge >= 0.3 is 0 Å². The van der Waals surface area contributed by atoms with Crippen LogP contribution in [0.5, 0.6) is 0 Å². The number of nitriles is 1. The van der Waals surface area contributed by atoms with Crippen LogP contribution in [0.25, 0.3) is 11.6 Å². The van der Waals surface area contributed by atoms with Gasteiger partial charge in [-0.1, -0.05) is 20.8 Å². The Kier molecular flexibility index (Phi) is 5.04. The normalized spacial score (nSPS) is 13.6. The van der Waals surface area contributed by atoms with E-state index in [-0.39, 0.29) is 26.1 Å². The van der Waals surface area contributed by atoms with E-state index in [9.17, 15) is 23.6 Å².